The maximum absolute atomic E-state index is 12.9. The molecule has 1 fully saturated rings. The average molecular weight is 521 g/mol. The lowest BCUT2D eigenvalue weighted by Crippen LogP contribution is -2.15. The second kappa shape index (κ2) is 10.2. The van der Waals surface area contributed by atoms with Crippen molar-refractivity contribution in [2.24, 2.45) is 10.1 Å². The van der Waals surface area contributed by atoms with Crippen molar-refractivity contribution in [1.29, 1.82) is 5.26 Å². The number of carbonyl (C=O) groups excluding carboxylic acids is 1. The molecule has 0 saturated heterocycles. The molecule has 1 N–H and O–H groups in total. The number of aromatic nitrogens is 2. The minimum absolute atomic E-state index is 0.00529. The number of alkyl halides is 3. The van der Waals surface area contributed by atoms with Crippen LogP contribution in [-0.2, 0) is 27.0 Å². The summed E-state index contributed by atoms with van der Waals surface area (Å²) in [6.45, 7) is 2.03. The normalized spacial score (nSPS) is 15.9. The Hall–Kier alpha value is -3.11. The number of aliphatic imine (C=N–C) groups is 1. The molecule has 0 atom stereocenters. The summed E-state index contributed by atoms with van der Waals surface area (Å²) in [6.07, 6.45) is -1.39. The molecule has 2 aromatic rings. The van der Waals surface area contributed by atoms with E-state index in [-0.39, 0.29) is 18.0 Å². The Balaban J connectivity index is 1.42. The maximum Gasteiger partial charge on any atom is 0.416 e. The number of fused-ring (bicyclic) bond motifs is 2. The number of halogens is 3. The van der Waals surface area contributed by atoms with Gasteiger partial charge in [-0.25, -0.2) is 0 Å². The number of rotatable bonds is 7. The number of hydrazone groups is 1. The molecular formula is C22H19F3N6O2S2. The van der Waals surface area contributed by atoms with Gasteiger partial charge in [-0.3, -0.25) is 15.2 Å². The number of nitriles is 1. The van der Waals surface area contributed by atoms with E-state index in [1.165, 1.54) is 35.8 Å². The first-order chi connectivity index (χ1) is 16.7. The highest BCUT2D eigenvalue weighted by atomic mass is 32.2. The predicted octanol–water partition coefficient (Wildman–Crippen LogP) is 5.10. The highest BCUT2D eigenvalue weighted by Crippen LogP contribution is 2.56. The molecule has 8 nitrogen and oxygen atoms in total. The van der Waals surface area contributed by atoms with Crippen molar-refractivity contribution < 1.29 is 22.7 Å². The third-order valence-electron chi connectivity index (χ3n) is 5.22. The molecule has 0 radical (unpaired) electrons. The molecule has 1 aromatic carbocycles. The van der Waals surface area contributed by atoms with Gasteiger partial charge in [0.25, 0.3) is 0 Å². The summed E-state index contributed by atoms with van der Waals surface area (Å²) >= 11 is 2.69. The van der Waals surface area contributed by atoms with Gasteiger partial charge in [0.1, 0.15) is 9.40 Å². The number of ether oxygens (including phenoxy) is 1. The van der Waals surface area contributed by atoms with Gasteiger partial charge >= 0.3 is 12.1 Å². The van der Waals surface area contributed by atoms with E-state index in [1.54, 1.807) is 6.92 Å². The molecule has 1 aliphatic heterocycles. The molecule has 182 valence electrons. The Morgan fingerprint density at radius 1 is 1.37 bits per heavy atom. The van der Waals surface area contributed by atoms with Gasteiger partial charge in [-0.1, -0.05) is 17.8 Å². The van der Waals surface area contributed by atoms with E-state index in [0.717, 1.165) is 34.9 Å². The number of anilines is 1. The number of nitrogens with zero attached hydrogens (tertiary/aromatic N) is 5. The van der Waals surface area contributed by atoms with Crippen LogP contribution in [0.1, 0.15) is 48.4 Å². The van der Waals surface area contributed by atoms with Gasteiger partial charge in [0.15, 0.2) is 5.82 Å². The molecule has 0 unspecified atom stereocenters. The molecule has 2 aliphatic rings. The van der Waals surface area contributed by atoms with Crippen molar-refractivity contribution in [2.75, 3.05) is 12.0 Å². The van der Waals surface area contributed by atoms with Crippen LogP contribution >= 0.6 is 23.5 Å². The standard InChI is InChI=1S/C22H19F3N6O2S2/c1-2-33-18(32)5-8-27-29-17-10-16-19(31-30-17)35-20(28-21(16)6-7-21)34-12-13-3-4-15(22(23,24)25)9-14(13)11-26/h3-4,8-10H,2,5-7,12H2,1H3,(H,29,30)/b27-8-. The van der Waals surface area contributed by atoms with Crippen molar-refractivity contribution in [1.82, 2.24) is 10.2 Å². The first-order valence-electron chi connectivity index (χ1n) is 10.6. The number of thioether (sulfide) groups is 2. The fourth-order valence-electron chi connectivity index (χ4n) is 3.32. The van der Waals surface area contributed by atoms with Crippen LogP contribution in [0, 0.1) is 11.3 Å². The first-order valence-corrected chi connectivity index (χ1v) is 12.4. The quantitative estimate of drug-likeness (QED) is 0.305. The Bertz CT molecular complexity index is 1240. The van der Waals surface area contributed by atoms with Gasteiger partial charge in [0, 0.05) is 17.5 Å². The molecule has 2 heterocycles. The van der Waals surface area contributed by atoms with Crippen molar-refractivity contribution in [3.8, 4) is 6.07 Å². The molecule has 0 bridgehead atoms. The number of hydrogen-bond acceptors (Lipinski definition) is 10. The SMILES string of the molecule is CCOC(=O)C/C=N\Nc1cc2c(nn1)SC(SCc1ccc(C(F)(F)F)cc1C#N)=NC21CC1. The number of esters is 1. The number of nitrogens with one attached hydrogen (secondary N) is 1. The third-order valence-corrected chi connectivity index (χ3v) is 7.37. The fraction of sp³-hybridized carbons (Fsp3) is 0.364. The number of hydrogen-bond donors (Lipinski definition) is 1. The summed E-state index contributed by atoms with van der Waals surface area (Å²) in [7, 11) is 0. The predicted molar refractivity (Wildman–Crippen MR) is 127 cm³/mol. The summed E-state index contributed by atoms with van der Waals surface area (Å²) < 4.78 is 44.4. The zero-order chi connectivity index (χ0) is 25.1. The molecular weight excluding hydrogens is 501 g/mol. The smallest absolute Gasteiger partial charge is 0.416 e. The van der Waals surface area contributed by atoms with Crippen molar-refractivity contribution in [3.05, 3.63) is 46.5 Å². The molecule has 1 aliphatic carbocycles. The van der Waals surface area contributed by atoms with Gasteiger partial charge in [-0.2, -0.15) is 23.5 Å². The summed E-state index contributed by atoms with van der Waals surface area (Å²) in [5.41, 5.74) is 2.95. The summed E-state index contributed by atoms with van der Waals surface area (Å²) in [5.74, 6) is 0.353. The topological polar surface area (TPSA) is 113 Å². The Morgan fingerprint density at radius 3 is 2.86 bits per heavy atom. The molecule has 1 saturated carbocycles. The van der Waals surface area contributed by atoms with Crippen LogP contribution in [0.4, 0.5) is 19.0 Å². The molecule has 35 heavy (non-hydrogen) atoms. The van der Waals surface area contributed by atoms with Gasteiger partial charge in [0.05, 0.1) is 35.8 Å². The summed E-state index contributed by atoms with van der Waals surface area (Å²) in [4.78, 5) is 16.2. The lowest BCUT2D eigenvalue weighted by Gasteiger charge is -2.22. The van der Waals surface area contributed by atoms with E-state index in [9.17, 15) is 23.2 Å². The number of benzene rings is 1. The van der Waals surface area contributed by atoms with E-state index in [1.807, 2.05) is 12.1 Å². The highest BCUT2D eigenvalue weighted by Gasteiger charge is 2.49. The second-order valence-electron chi connectivity index (χ2n) is 7.66. The molecule has 1 aromatic heterocycles. The van der Waals surface area contributed by atoms with E-state index in [0.29, 0.717) is 28.8 Å². The van der Waals surface area contributed by atoms with Crippen molar-refractivity contribution in [3.63, 3.8) is 0 Å². The van der Waals surface area contributed by atoms with Crippen LogP contribution in [0.25, 0.3) is 0 Å². The van der Waals surface area contributed by atoms with Gasteiger partial charge in [-0.15, -0.1) is 10.2 Å². The Labute approximate surface area is 207 Å². The van der Waals surface area contributed by atoms with Crippen LogP contribution in [0.2, 0.25) is 0 Å². The van der Waals surface area contributed by atoms with E-state index < -0.39 is 17.3 Å². The highest BCUT2D eigenvalue weighted by molar-refractivity contribution is 8.38. The lowest BCUT2D eigenvalue weighted by atomic mass is 10.1. The van der Waals surface area contributed by atoms with Gasteiger partial charge < -0.3 is 4.74 Å². The van der Waals surface area contributed by atoms with Crippen LogP contribution in [0.5, 0.6) is 0 Å². The van der Waals surface area contributed by atoms with Crippen LogP contribution < -0.4 is 5.43 Å². The van der Waals surface area contributed by atoms with Crippen LogP contribution in [0.15, 0.2) is 39.4 Å². The largest absolute Gasteiger partial charge is 0.466 e. The Morgan fingerprint density at radius 2 is 2.17 bits per heavy atom. The zero-order valence-corrected chi connectivity index (χ0v) is 20.1. The van der Waals surface area contributed by atoms with Crippen molar-refractivity contribution >= 4 is 45.9 Å². The van der Waals surface area contributed by atoms with Crippen LogP contribution in [0.3, 0.4) is 0 Å². The molecule has 0 amide bonds. The van der Waals surface area contributed by atoms with Gasteiger partial charge in [-0.05, 0) is 55.3 Å². The first kappa shape index (κ1) is 25.0. The minimum atomic E-state index is -4.50. The molecule has 4 rings (SSSR count). The molecule has 13 heteroatoms. The molecule has 1 spiro atoms. The summed E-state index contributed by atoms with van der Waals surface area (Å²) in [5, 5.41) is 22.4. The fourth-order valence-corrected chi connectivity index (χ4v) is 5.57. The lowest BCUT2D eigenvalue weighted by molar-refractivity contribution is -0.141. The third kappa shape index (κ3) is 5.94. The monoisotopic (exact) mass is 520 g/mol. The maximum atomic E-state index is 12.9. The van der Waals surface area contributed by atoms with E-state index >= 15 is 0 Å². The Kier molecular flexibility index (Phi) is 7.32. The van der Waals surface area contributed by atoms with Crippen LogP contribution in [-0.4, -0.2) is 33.4 Å². The summed E-state index contributed by atoms with van der Waals surface area (Å²) in [6, 6.07) is 6.88. The average Bonchev–Trinajstić information content (AvgIpc) is 3.60. The minimum Gasteiger partial charge on any atom is -0.466 e. The van der Waals surface area contributed by atoms with Crippen molar-refractivity contribution in [2.45, 2.75) is 48.7 Å². The van der Waals surface area contributed by atoms with E-state index in [2.05, 4.69) is 20.7 Å². The second-order valence-corrected chi connectivity index (χ2v) is 9.86. The van der Waals surface area contributed by atoms with E-state index in [4.69, 9.17) is 9.73 Å². The van der Waals surface area contributed by atoms with Gasteiger partial charge in [0.2, 0.25) is 0 Å². The zero-order valence-electron chi connectivity index (χ0n) is 18.4. The number of carbonyl (C=O) groups is 1.